The Morgan fingerprint density at radius 1 is 0.576 bits per heavy atom. The molecule has 2 aliphatic carbocycles. The molecule has 6 atom stereocenters. The Morgan fingerprint density at radius 2 is 0.970 bits per heavy atom. The summed E-state index contributed by atoms with van der Waals surface area (Å²) < 4.78 is 11.2. The molecule has 2 amide bonds. The number of ether oxygens (including phenoxy) is 2. The maximum Gasteiger partial charge on any atom is 0.254 e. The first-order valence-corrected chi connectivity index (χ1v) is 22.7. The van der Waals surface area contributed by atoms with Gasteiger partial charge in [-0.1, -0.05) is 72.5 Å². The first-order chi connectivity index (χ1) is 32.0. The highest BCUT2D eigenvalue weighted by Crippen LogP contribution is 2.69. The van der Waals surface area contributed by atoms with Gasteiger partial charge in [0.2, 0.25) is 0 Å². The van der Waals surface area contributed by atoms with Crippen LogP contribution in [0, 0.1) is 35.5 Å². The predicted octanol–water partition coefficient (Wildman–Crippen LogP) is 7.14. The van der Waals surface area contributed by atoms with E-state index in [0.29, 0.717) is 61.4 Å². The summed E-state index contributed by atoms with van der Waals surface area (Å²) in [6.45, 7) is 1.00. The number of para-hydroxylation sites is 2. The van der Waals surface area contributed by atoms with Gasteiger partial charge in [0.05, 0.1) is 49.5 Å². The van der Waals surface area contributed by atoms with E-state index in [1.165, 1.54) is 0 Å². The summed E-state index contributed by atoms with van der Waals surface area (Å²) in [6, 6.07) is 35.1. The van der Waals surface area contributed by atoms with Gasteiger partial charge >= 0.3 is 0 Å². The fourth-order valence-electron chi connectivity index (χ4n) is 14.0. The number of hydrogen-bond acceptors (Lipinski definition) is 8. The molecule has 330 valence electrons. The van der Waals surface area contributed by atoms with E-state index in [0.717, 1.165) is 44.8 Å². The van der Waals surface area contributed by atoms with Crippen molar-refractivity contribution in [3.8, 4) is 36.2 Å². The lowest BCUT2D eigenvalue weighted by Crippen LogP contribution is -2.61. The highest BCUT2D eigenvalue weighted by atomic mass is 16.5. The van der Waals surface area contributed by atoms with Gasteiger partial charge in [0.15, 0.2) is 11.6 Å². The van der Waals surface area contributed by atoms with E-state index in [9.17, 15) is 0 Å². The van der Waals surface area contributed by atoms with Gasteiger partial charge in [0.25, 0.3) is 11.8 Å². The number of carbonyl (C=O) groups is 4. The maximum absolute atomic E-state index is 15.8. The highest BCUT2D eigenvalue weighted by Gasteiger charge is 2.77. The van der Waals surface area contributed by atoms with Gasteiger partial charge < -0.3 is 9.47 Å². The molecule has 5 aromatic carbocycles. The lowest BCUT2D eigenvalue weighted by Gasteiger charge is -2.49. The summed E-state index contributed by atoms with van der Waals surface area (Å²) in [4.78, 5) is 70.0. The molecule has 2 fully saturated rings. The van der Waals surface area contributed by atoms with E-state index in [1.807, 2.05) is 99.0 Å². The van der Waals surface area contributed by atoms with Crippen molar-refractivity contribution in [2.45, 2.75) is 48.6 Å². The summed E-state index contributed by atoms with van der Waals surface area (Å²) in [6.07, 6.45) is 13.8. The van der Waals surface area contributed by atoms with Crippen LogP contribution < -0.4 is 19.3 Å². The Hall–Kier alpha value is -6.98. The molecule has 0 bridgehead atoms. The number of rotatable bonds is 6. The van der Waals surface area contributed by atoms with Crippen LogP contribution in [0.5, 0.6) is 11.5 Å². The van der Waals surface area contributed by atoms with E-state index in [1.54, 1.807) is 24.0 Å². The molecular weight excluding hydrogens is 825 g/mol. The van der Waals surface area contributed by atoms with Crippen LogP contribution in [-0.4, -0.2) is 87.7 Å². The Morgan fingerprint density at radius 3 is 1.35 bits per heavy atom. The number of likely N-dealkylation sites (N-methyl/N-ethyl adjacent to an activating group) is 2. The molecule has 10 nitrogen and oxygen atoms in total. The zero-order chi connectivity index (χ0) is 45.9. The monoisotopic (exact) mass is 874 g/mol. The fourth-order valence-corrected chi connectivity index (χ4v) is 14.0. The summed E-state index contributed by atoms with van der Waals surface area (Å²) in [5, 5.41) is 0. The smallest absolute Gasteiger partial charge is 0.254 e. The standard InChI is InChI=1S/C56H50N4O6/c1-7-29-59-47-15-11-9-13-43(47)55(51(59)63)53(27-25-37-31-39(65-5)21-23-41(37)49(53)61)45(33-57(55)3)35-17-19-36(20-18-35)46-34-58(4)56(44-14-10-12-16-48(44)60(30-8-2)52(56)64)54(46)28-26-38-32-40(66-6)22-24-42(38)50(54)62/h1-2,9-24,31-32,45-46H,25-30,33-34H2,3-6H3/t45-,46+,53+,54-,55+,56-. The molecule has 6 aliphatic rings. The lowest BCUT2D eigenvalue weighted by atomic mass is 9.53. The van der Waals surface area contributed by atoms with Crippen molar-refractivity contribution in [2.75, 3.05) is 64.3 Å². The van der Waals surface area contributed by atoms with Crippen molar-refractivity contribution in [2.24, 2.45) is 10.8 Å². The van der Waals surface area contributed by atoms with Crippen molar-refractivity contribution in [1.29, 1.82) is 0 Å². The second-order valence-electron chi connectivity index (χ2n) is 18.8. The first kappa shape index (κ1) is 41.7. The van der Waals surface area contributed by atoms with Gasteiger partial charge in [-0.15, -0.1) is 12.8 Å². The minimum absolute atomic E-state index is 0.0755. The molecule has 2 saturated heterocycles. The van der Waals surface area contributed by atoms with Crippen LogP contribution in [0.1, 0.15) is 78.8 Å². The third-order valence-electron chi connectivity index (χ3n) is 16.6. The van der Waals surface area contributed by atoms with E-state index in [-0.39, 0.29) is 36.5 Å². The second kappa shape index (κ2) is 14.8. The molecule has 0 N–H and O–H groups in total. The number of benzene rings is 5. The molecule has 66 heavy (non-hydrogen) atoms. The number of terminal acetylenes is 2. The van der Waals surface area contributed by atoms with Crippen LogP contribution in [-0.2, 0) is 33.5 Å². The van der Waals surface area contributed by atoms with Gasteiger partial charge in [-0.25, -0.2) is 0 Å². The number of fused-ring (bicyclic) bond motifs is 8. The van der Waals surface area contributed by atoms with E-state index in [4.69, 9.17) is 22.3 Å². The van der Waals surface area contributed by atoms with Gasteiger partial charge in [0.1, 0.15) is 22.6 Å². The molecular formula is C56H50N4O6. The summed E-state index contributed by atoms with van der Waals surface area (Å²) in [7, 11) is 7.15. The van der Waals surface area contributed by atoms with Crippen molar-refractivity contribution in [1.82, 2.24) is 9.80 Å². The minimum atomic E-state index is -1.34. The van der Waals surface area contributed by atoms with Crippen molar-refractivity contribution >= 4 is 34.8 Å². The summed E-state index contributed by atoms with van der Waals surface area (Å²) >= 11 is 0. The van der Waals surface area contributed by atoms with Gasteiger partial charge in [0, 0.05) is 47.2 Å². The number of nitrogens with zero attached hydrogens (tertiary/aromatic N) is 4. The molecule has 5 aromatic rings. The minimum Gasteiger partial charge on any atom is -0.497 e. The van der Waals surface area contributed by atoms with Crippen molar-refractivity contribution in [3.63, 3.8) is 0 Å². The van der Waals surface area contributed by atoms with E-state index < -0.39 is 33.7 Å². The maximum atomic E-state index is 15.8. The Kier molecular flexibility index (Phi) is 9.33. The van der Waals surface area contributed by atoms with Crippen LogP contribution in [0.3, 0.4) is 0 Å². The molecule has 0 aromatic heterocycles. The average Bonchev–Trinajstić information content (AvgIpc) is 3.96. The predicted molar refractivity (Wildman–Crippen MR) is 252 cm³/mol. The quantitative estimate of drug-likeness (QED) is 0.166. The second-order valence-corrected chi connectivity index (χ2v) is 18.8. The molecule has 0 unspecified atom stereocenters. The zero-order valence-electron chi connectivity index (χ0n) is 37.6. The molecule has 0 saturated carbocycles. The van der Waals surface area contributed by atoms with Crippen LogP contribution in [0.25, 0.3) is 0 Å². The van der Waals surface area contributed by atoms with Crippen LogP contribution >= 0.6 is 0 Å². The van der Waals surface area contributed by atoms with E-state index >= 15 is 19.2 Å². The number of aryl methyl sites for hydroxylation is 2. The van der Waals surface area contributed by atoms with Gasteiger partial charge in [-0.2, -0.15) is 0 Å². The Bertz CT molecular complexity index is 2820. The van der Waals surface area contributed by atoms with Crippen molar-refractivity contribution in [3.05, 3.63) is 154 Å². The van der Waals surface area contributed by atoms with Gasteiger partial charge in [-0.05, 0) is 111 Å². The van der Waals surface area contributed by atoms with Crippen LogP contribution in [0.15, 0.2) is 109 Å². The Balaban J connectivity index is 1.08. The number of ketones is 2. The van der Waals surface area contributed by atoms with Crippen molar-refractivity contribution < 1.29 is 28.7 Å². The average molecular weight is 875 g/mol. The third kappa shape index (κ3) is 4.90. The van der Waals surface area contributed by atoms with Crippen LogP contribution in [0.2, 0.25) is 0 Å². The number of anilines is 2. The number of carbonyl (C=O) groups excluding carboxylic acids is 4. The molecule has 4 heterocycles. The Labute approximate surface area is 385 Å². The number of methoxy groups -OCH3 is 2. The van der Waals surface area contributed by atoms with E-state index in [2.05, 4.69) is 45.9 Å². The first-order valence-electron chi connectivity index (χ1n) is 22.7. The van der Waals surface area contributed by atoms with Gasteiger partial charge in [-0.3, -0.25) is 38.8 Å². The number of Topliss-reactive ketones (excluding diaryl/α,β-unsaturated/α-hetero) is 2. The summed E-state index contributed by atoms with van der Waals surface area (Å²) in [5.74, 6) is 5.41. The molecule has 0 radical (unpaired) electrons. The topological polar surface area (TPSA) is 99.7 Å². The highest BCUT2D eigenvalue weighted by molar-refractivity contribution is 6.17. The SMILES string of the molecule is C#CCN1C(=O)[C@]2(c3ccccc31)N(C)C[C@H](c1ccc([C@@H]3CN(C)[C@]4(C(=O)N(CC#C)c5ccccc54)[C@]34CCc3cc(OC)ccc3C4=O)cc1)[C@]21CCc2cc(OC)ccc2C1=O. The number of likely N-dealkylation sites (tertiary alicyclic amines) is 2. The largest absolute Gasteiger partial charge is 0.497 e. The zero-order valence-corrected chi connectivity index (χ0v) is 37.6. The normalized spacial score (nSPS) is 28.5. The lowest BCUT2D eigenvalue weighted by molar-refractivity contribution is -0.133. The fraction of sp³-hybridized carbons (Fsp3) is 0.321. The van der Waals surface area contributed by atoms with Crippen LogP contribution in [0.4, 0.5) is 11.4 Å². The molecule has 4 spiro atoms. The number of amides is 2. The molecule has 11 rings (SSSR count). The summed E-state index contributed by atoms with van der Waals surface area (Å²) in [5.41, 5.74) is 2.71. The third-order valence-corrected chi connectivity index (χ3v) is 16.6. The number of hydrogen-bond donors (Lipinski definition) is 0. The molecule has 10 heteroatoms. The molecule has 4 aliphatic heterocycles.